The van der Waals surface area contributed by atoms with E-state index in [1.807, 2.05) is 0 Å². The van der Waals surface area contributed by atoms with E-state index in [-0.39, 0.29) is 0 Å². The lowest BCUT2D eigenvalue weighted by molar-refractivity contribution is 0.149. The molecular weight excluding hydrogens is 224 g/mol. The Balaban J connectivity index is 1.99. The fourth-order valence-corrected chi connectivity index (χ4v) is 3.24. The van der Waals surface area contributed by atoms with Gasteiger partial charge in [0.25, 0.3) is 0 Å². The van der Waals surface area contributed by atoms with Crippen molar-refractivity contribution in [3.63, 3.8) is 0 Å². The van der Waals surface area contributed by atoms with Crippen LogP contribution in [0, 0.1) is 5.41 Å². The van der Waals surface area contributed by atoms with E-state index in [1.165, 1.54) is 36.6 Å². The van der Waals surface area contributed by atoms with Crippen molar-refractivity contribution >= 4 is 15.9 Å². The highest BCUT2D eigenvalue weighted by molar-refractivity contribution is 9.10. The molecule has 1 saturated carbocycles. The molecule has 1 aromatic carbocycles. The maximum Gasteiger partial charge on any atom is 0.0178 e. The predicted octanol–water partition coefficient (Wildman–Crippen LogP) is 3.72. The van der Waals surface area contributed by atoms with Crippen LogP contribution >= 0.6 is 15.9 Å². The summed E-state index contributed by atoms with van der Waals surface area (Å²) in [5, 5.41) is 0. The van der Waals surface area contributed by atoms with E-state index >= 15 is 0 Å². The number of hydrogen-bond acceptors (Lipinski definition) is 0. The van der Waals surface area contributed by atoms with Crippen LogP contribution in [0.15, 0.2) is 22.7 Å². The van der Waals surface area contributed by atoms with Crippen LogP contribution in [0.25, 0.3) is 0 Å². The molecule has 0 atom stereocenters. The van der Waals surface area contributed by atoms with Crippen LogP contribution in [-0.4, -0.2) is 0 Å². The Hall–Kier alpha value is -0.300. The Bertz CT molecular complexity index is 350. The third-order valence-corrected chi connectivity index (χ3v) is 4.21. The number of halogens is 1. The Labute approximate surface area is 87.5 Å². The van der Waals surface area contributed by atoms with E-state index in [1.54, 1.807) is 11.1 Å². The first kappa shape index (κ1) is 8.05. The third-order valence-electron chi connectivity index (χ3n) is 3.71. The Morgan fingerprint density at radius 1 is 1.08 bits per heavy atom. The van der Waals surface area contributed by atoms with Crippen LogP contribution in [-0.2, 0) is 12.8 Å². The normalized spacial score (nSPS) is 22.8. The molecule has 1 fully saturated rings. The quantitative estimate of drug-likeness (QED) is 0.645. The molecule has 2 aliphatic rings. The van der Waals surface area contributed by atoms with Crippen molar-refractivity contribution < 1.29 is 0 Å². The molecule has 0 heterocycles. The van der Waals surface area contributed by atoms with Crippen LogP contribution in [0.4, 0.5) is 0 Å². The van der Waals surface area contributed by atoms with Gasteiger partial charge in [-0.2, -0.15) is 0 Å². The van der Waals surface area contributed by atoms with Gasteiger partial charge in [0.2, 0.25) is 0 Å². The number of hydrogen-bond donors (Lipinski definition) is 0. The van der Waals surface area contributed by atoms with Crippen molar-refractivity contribution in [3.05, 3.63) is 33.8 Å². The van der Waals surface area contributed by atoms with E-state index < -0.39 is 0 Å². The summed E-state index contributed by atoms with van der Waals surface area (Å²) in [5.74, 6) is 0. The molecule has 0 amide bonds. The molecule has 0 unspecified atom stereocenters. The standard InChI is InChI=1S/C12H13Br/c13-11-3-2-9-7-12(4-1-5-12)8-10(9)6-11/h2-3,6H,1,4-5,7-8H2. The van der Waals surface area contributed by atoms with Crippen molar-refractivity contribution in [2.24, 2.45) is 5.41 Å². The fourth-order valence-electron chi connectivity index (χ4n) is 2.83. The van der Waals surface area contributed by atoms with Crippen molar-refractivity contribution in [1.82, 2.24) is 0 Å². The number of benzene rings is 1. The minimum atomic E-state index is 0.698. The van der Waals surface area contributed by atoms with Crippen molar-refractivity contribution in [2.75, 3.05) is 0 Å². The maximum atomic E-state index is 3.54. The first-order chi connectivity index (χ1) is 6.27. The zero-order valence-corrected chi connectivity index (χ0v) is 9.23. The molecule has 0 bridgehead atoms. The van der Waals surface area contributed by atoms with Gasteiger partial charge < -0.3 is 0 Å². The van der Waals surface area contributed by atoms with Gasteiger partial charge in [-0.25, -0.2) is 0 Å². The molecule has 1 spiro atoms. The average molecular weight is 237 g/mol. The van der Waals surface area contributed by atoms with E-state index in [9.17, 15) is 0 Å². The minimum Gasteiger partial charge on any atom is -0.0576 e. The van der Waals surface area contributed by atoms with Gasteiger partial charge in [0, 0.05) is 4.47 Å². The second-order valence-electron chi connectivity index (χ2n) is 4.62. The van der Waals surface area contributed by atoms with E-state index in [0.717, 1.165) is 0 Å². The molecular formula is C12H13Br. The van der Waals surface area contributed by atoms with Crippen LogP contribution < -0.4 is 0 Å². The lowest BCUT2D eigenvalue weighted by Gasteiger charge is -2.38. The lowest BCUT2D eigenvalue weighted by Crippen LogP contribution is -2.29. The number of fused-ring (bicyclic) bond motifs is 1. The molecule has 13 heavy (non-hydrogen) atoms. The topological polar surface area (TPSA) is 0 Å². The molecule has 0 radical (unpaired) electrons. The molecule has 0 aromatic heterocycles. The van der Waals surface area contributed by atoms with Gasteiger partial charge in [-0.15, -0.1) is 0 Å². The van der Waals surface area contributed by atoms with Gasteiger partial charge in [0.05, 0.1) is 0 Å². The van der Waals surface area contributed by atoms with E-state index in [2.05, 4.69) is 34.1 Å². The molecule has 0 N–H and O–H groups in total. The zero-order chi connectivity index (χ0) is 8.89. The highest BCUT2D eigenvalue weighted by atomic mass is 79.9. The highest BCUT2D eigenvalue weighted by Crippen LogP contribution is 2.51. The molecule has 0 nitrogen and oxygen atoms in total. The summed E-state index contributed by atoms with van der Waals surface area (Å²) >= 11 is 3.54. The summed E-state index contributed by atoms with van der Waals surface area (Å²) in [6.07, 6.45) is 7.05. The molecule has 2 aliphatic carbocycles. The summed E-state index contributed by atoms with van der Waals surface area (Å²) in [7, 11) is 0. The first-order valence-electron chi connectivity index (χ1n) is 5.05. The smallest absolute Gasteiger partial charge is 0.0178 e. The molecule has 1 heteroatoms. The van der Waals surface area contributed by atoms with Crippen LogP contribution in [0.3, 0.4) is 0 Å². The van der Waals surface area contributed by atoms with Crippen molar-refractivity contribution in [1.29, 1.82) is 0 Å². The summed E-state index contributed by atoms with van der Waals surface area (Å²) < 4.78 is 1.24. The Kier molecular flexibility index (Phi) is 1.61. The molecule has 1 aromatic rings. The van der Waals surface area contributed by atoms with Crippen LogP contribution in [0.2, 0.25) is 0 Å². The van der Waals surface area contributed by atoms with Crippen molar-refractivity contribution in [3.8, 4) is 0 Å². The first-order valence-corrected chi connectivity index (χ1v) is 5.84. The molecule has 68 valence electrons. The highest BCUT2D eigenvalue weighted by Gasteiger charge is 2.41. The summed E-state index contributed by atoms with van der Waals surface area (Å²) in [6, 6.07) is 6.78. The fraction of sp³-hybridized carbons (Fsp3) is 0.500. The van der Waals surface area contributed by atoms with E-state index in [0.29, 0.717) is 5.41 Å². The lowest BCUT2D eigenvalue weighted by atomic mass is 9.67. The van der Waals surface area contributed by atoms with Gasteiger partial charge >= 0.3 is 0 Å². The van der Waals surface area contributed by atoms with Gasteiger partial charge in [0.1, 0.15) is 0 Å². The number of rotatable bonds is 0. The Morgan fingerprint density at radius 2 is 1.85 bits per heavy atom. The monoisotopic (exact) mass is 236 g/mol. The van der Waals surface area contributed by atoms with Crippen LogP contribution in [0.1, 0.15) is 30.4 Å². The van der Waals surface area contributed by atoms with Crippen molar-refractivity contribution in [2.45, 2.75) is 32.1 Å². The van der Waals surface area contributed by atoms with Gasteiger partial charge in [-0.3, -0.25) is 0 Å². The van der Waals surface area contributed by atoms with Crippen LogP contribution in [0.5, 0.6) is 0 Å². The largest absolute Gasteiger partial charge is 0.0576 e. The maximum absolute atomic E-state index is 3.54. The minimum absolute atomic E-state index is 0.698. The summed E-state index contributed by atoms with van der Waals surface area (Å²) in [5.41, 5.74) is 3.89. The zero-order valence-electron chi connectivity index (χ0n) is 7.65. The molecule has 0 saturated heterocycles. The van der Waals surface area contributed by atoms with Gasteiger partial charge in [-0.05, 0) is 54.4 Å². The van der Waals surface area contributed by atoms with Gasteiger partial charge in [0.15, 0.2) is 0 Å². The molecule has 0 aliphatic heterocycles. The molecule has 3 rings (SSSR count). The predicted molar refractivity (Wildman–Crippen MR) is 57.8 cm³/mol. The summed E-state index contributed by atoms with van der Waals surface area (Å²) in [4.78, 5) is 0. The van der Waals surface area contributed by atoms with E-state index in [4.69, 9.17) is 0 Å². The third kappa shape index (κ3) is 1.17. The van der Waals surface area contributed by atoms with Gasteiger partial charge in [-0.1, -0.05) is 28.4 Å². The second kappa shape index (κ2) is 2.60. The second-order valence-corrected chi connectivity index (χ2v) is 5.54. The summed E-state index contributed by atoms with van der Waals surface area (Å²) in [6.45, 7) is 0. The SMILES string of the molecule is Brc1ccc2c(c1)CC1(CCC1)C2. The average Bonchev–Trinajstić information content (AvgIpc) is 2.41. The Morgan fingerprint density at radius 3 is 2.54 bits per heavy atom.